The molecule has 184 valence electrons. The molecule has 1 aliphatic carbocycles. The molecule has 0 fully saturated rings. The van der Waals surface area contributed by atoms with Gasteiger partial charge in [-0.1, -0.05) is 44.2 Å². The minimum atomic E-state index is -0.607. The number of esters is 1. The molecule has 0 unspecified atom stereocenters. The summed E-state index contributed by atoms with van der Waals surface area (Å²) in [4.78, 5) is 27.0. The van der Waals surface area contributed by atoms with Gasteiger partial charge in [0.05, 0.1) is 32.3 Å². The Balaban J connectivity index is 1.75. The normalized spacial score (nSPS) is 19.1. The number of ether oxygens (including phenoxy) is 3. The van der Waals surface area contributed by atoms with Crippen molar-refractivity contribution in [1.82, 2.24) is 5.32 Å². The summed E-state index contributed by atoms with van der Waals surface area (Å²) < 4.78 is 16.9. The van der Waals surface area contributed by atoms with Crippen LogP contribution < -0.4 is 14.8 Å². The van der Waals surface area contributed by atoms with Gasteiger partial charge in [0.15, 0.2) is 5.78 Å². The second-order valence-corrected chi connectivity index (χ2v) is 9.91. The van der Waals surface area contributed by atoms with Crippen LogP contribution in [0.25, 0.3) is 0 Å². The highest BCUT2D eigenvalue weighted by molar-refractivity contribution is 6.04. The molecular weight excluding hydrogens is 442 g/mol. The summed E-state index contributed by atoms with van der Waals surface area (Å²) in [6.45, 7) is 6.28. The summed E-state index contributed by atoms with van der Waals surface area (Å²) in [5, 5.41) is 3.37. The molecule has 4 rings (SSSR count). The third-order valence-electron chi connectivity index (χ3n) is 6.67. The molecule has 0 aromatic heterocycles. The van der Waals surface area contributed by atoms with E-state index in [1.54, 1.807) is 26.4 Å². The fourth-order valence-corrected chi connectivity index (χ4v) is 5.07. The van der Waals surface area contributed by atoms with E-state index < -0.39 is 11.9 Å². The Kier molecular flexibility index (Phi) is 7.01. The van der Waals surface area contributed by atoms with E-state index in [2.05, 4.69) is 19.2 Å². The van der Waals surface area contributed by atoms with Gasteiger partial charge in [-0.3, -0.25) is 4.79 Å². The molecule has 6 nitrogen and oxygen atoms in total. The number of hydrogen-bond donors (Lipinski definition) is 1. The number of carbonyl (C=O) groups excluding carboxylic acids is 2. The van der Waals surface area contributed by atoms with Gasteiger partial charge in [-0.05, 0) is 42.5 Å². The van der Waals surface area contributed by atoms with Crippen molar-refractivity contribution in [3.8, 4) is 11.5 Å². The van der Waals surface area contributed by atoms with Gasteiger partial charge in [0.1, 0.15) is 11.5 Å². The maximum Gasteiger partial charge on any atom is 0.336 e. The van der Waals surface area contributed by atoms with E-state index in [9.17, 15) is 9.59 Å². The predicted molar refractivity (Wildman–Crippen MR) is 134 cm³/mol. The molecule has 0 spiro atoms. The van der Waals surface area contributed by atoms with Gasteiger partial charge in [-0.2, -0.15) is 0 Å². The number of nitrogens with one attached hydrogen (secondary N) is 1. The van der Waals surface area contributed by atoms with Gasteiger partial charge >= 0.3 is 5.97 Å². The summed E-state index contributed by atoms with van der Waals surface area (Å²) >= 11 is 0. The highest BCUT2D eigenvalue weighted by Crippen LogP contribution is 2.49. The number of rotatable bonds is 7. The molecule has 1 N–H and O–H groups in total. The summed E-state index contributed by atoms with van der Waals surface area (Å²) in [6.07, 6.45) is 1.73. The highest BCUT2D eigenvalue weighted by atomic mass is 16.5. The monoisotopic (exact) mass is 475 g/mol. The fraction of sp³-hybridized carbons (Fsp3) is 0.379. The van der Waals surface area contributed by atoms with Crippen LogP contribution >= 0.6 is 0 Å². The molecule has 1 aliphatic heterocycles. The van der Waals surface area contributed by atoms with E-state index >= 15 is 0 Å². The molecule has 6 heteroatoms. The van der Waals surface area contributed by atoms with E-state index in [0.717, 1.165) is 11.3 Å². The van der Waals surface area contributed by atoms with E-state index in [1.165, 1.54) is 0 Å². The SMILES string of the molecule is COc1ccc(OC)c([C@@H]2C(C(=O)OCCc3ccccc3)=C(C)NC3=C2C(=O)CC(C)(C)C3)c1. The lowest BCUT2D eigenvalue weighted by atomic mass is 9.68. The number of ketones is 1. The minimum Gasteiger partial charge on any atom is -0.497 e. The molecule has 2 aromatic carbocycles. The Bertz CT molecular complexity index is 1190. The zero-order valence-corrected chi connectivity index (χ0v) is 21.1. The van der Waals surface area contributed by atoms with E-state index in [-0.39, 0.29) is 17.8 Å². The van der Waals surface area contributed by atoms with Crippen molar-refractivity contribution >= 4 is 11.8 Å². The van der Waals surface area contributed by atoms with Gasteiger partial charge < -0.3 is 19.5 Å². The van der Waals surface area contributed by atoms with Gasteiger partial charge in [-0.25, -0.2) is 4.79 Å². The Morgan fingerprint density at radius 3 is 2.49 bits per heavy atom. The first-order valence-corrected chi connectivity index (χ1v) is 11.9. The Labute approximate surface area is 207 Å². The maximum atomic E-state index is 13.5. The molecule has 2 aromatic rings. The van der Waals surface area contributed by atoms with Crippen LogP contribution in [0.3, 0.4) is 0 Å². The minimum absolute atomic E-state index is 0.0284. The number of dihydropyridines is 1. The molecule has 1 heterocycles. The molecular formula is C29H33NO5. The lowest BCUT2D eigenvalue weighted by molar-refractivity contribution is -0.139. The summed E-state index contributed by atoms with van der Waals surface area (Å²) in [6, 6.07) is 15.3. The van der Waals surface area contributed by atoms with Gasteiger partial charge in [0, 0.05) is 35.4 Å². The first kappa shape index (κ1) is 24.6. The van der Waals surface area contributed by atoms with Crippen molar-refractivity contribution in [3.05, 3.63) is 82.2 Å². The van der Waals surface area contributed by atoms with Crippen LogP contribution in [-0.4, -0.2) is 32.6 Å². The molecule has 0 amide bonds. The maximum absolute atomic E-state index is 13.5. The summed E-state index contributed by atoms with van der Waals surface area (Å²) in [5.74, 6) is 0.193. The molecule has 35 heavy (non-hydrogen) atoms. The van der Waals surface area contributed by atoms with Gasteiger partial charge in [-0.15, -0.1) is 0 Å². The Morgan fingerprint density at radius 2 is 1.80 bits per heavy atom. The van der Waals surface area contributed by atoms with Crippen LogP contribution in [0.15, 0.2) is 71.1 Å². The summed E-state index contributed by atoms with van der Waals surface area (Å²) in [7, 11) is 3.18. The number of Topliss-reactive ketones (excluding diaryl/α,β-unsaturated/α-hetero) is 1. The first-order chi connectivity index (χ1) is 16.7. The number of carbonyl (C=O) groups is 2. The van der Waals surface area contributed by atoms with Crippen molar-refractivity contribution in [2.75, 3.05) is 20.8 Å². The predicted octanol–water partition coefficient (Wildman–Crippen LogP) is 5.09. The van der Waals surface area contributed by atoms with Crippen molar-refractivity contribution in [2.24, 2.45) is 5.41 Å². The largest absolute Gasteiger partial charge is 0.497 e. The van der Waals surface area contributed by atoms with Crippen LogP contribution in [0.1, 0.15) is 50.7 Å². The third-order valence-corrected chi connectivity index (χ3v) is 6.67. The molecule has 1 atom stereocenters. The Morgan fingerprint density at radius 1 is 1.06 bits per heavy atom. The van der Waals surface area contributed by atoms with E-state index in [4.69, 9.17) is 14.2 Å². The quantitative estimate of drug-likeness (QED) is 0.562. The number of methoxy groups -OCH3 is 2. The zero-order chi connectivity index (χ0) is 25.2. The summed E-state index contributed by atoms with van der Waals surface area (Å²) in [5.41, 5.74) is 4.22. The van der Waals surface area contributed by atoms with Crippen molar-refractivity contribution in [1.29, 1.82) is 0 Å². The molecule has 2 aliphatic rings. The van der Waals surface area contributed by atoms with Crippen LogP contribution in [0.2, 0.25) is 0 Å². The third kappa shape index (κ3) is 5.11. The smallest absolute Gasteiger partial charge is 0.336 e. The lowest BCUT2D eigenvalue weighted by Crippen LogP contribution is -2.38. The standard InChI is InChI=1S/C29H33NO5/c1-18-25(28(32)35-14-13-19-9-7-6-8-10-19)26(21-15-20(33-4)11-12-24(21)34-5)27-22(30-18)16-29(2,3)17-23(27)31/h6-12,15,26,30H,13-14,16-17H2,1-5H3/t26-/m1/s1. The van der Waals surface area contributed by atoms with Crippen LogP contribution in [0.4, 0.5) is 0 Å². The average molecular weight is 476 g/mol. The van der Waals surface area contributed by atoms with Crippen molar-refractivity contribution in [2.45, 2.75) is 46.0 Å². The van der Waals surface area contributed by atoms with Gasteiger partial charge in [0.2, 0.25) is 0 Å². The first-order valence-electron chi connectivity index (χ1n) is 11.9. The van der Waals surface area contributed by atoms with Gasteiger partial charge in [0.25, 0.3) is 0 Å². The van der Waals surface area contributed by atoms with E-state index in [0.29, 0.717) is 53.2 Å². The number of hydrogen-bond acceptors (Lipinski definition) is 6. The zero-order valence-electron chi connectivity index (χ0n) is 21.1. The van der Waals surface area contributed by atoms with Crippen molar-refractivity contribution in [3.63, 3.8) is 0 Å². The van der Waals surface area contributed by atoms with Crippen LogP contribution in [0.5, 0.6) is 11.5 Å². The van der Waals surface area contributed by atoms with E-state index in [1.807, 2.05) is 43.3 Å². The highest BCUT2D eigenvalue weighted by Gasteiger charge is 2.44. The molecule has 0 radical (unpaired) electrons. The van der Waals surface area contributed by atoms with Crippen LogP contribution in [-0.2, 0) is 20.7 Å². The topological polar surface area (TPSA) is 73.9 Å². The van der Waals surface area contributed by atoms with Crippen molar-refractivity contribution < 1.29 is 23.8 Å². The second-order valence-electron chi connectivity index (χ2n) is 9.91. The molecule has 0 saturated heterocycles. The fourth-order valence-electron chi connectivity index (χ4n) is 5.07. The Hall–Kier alpha value is -3.54. The lowest BCUT2D eigenvalue weighted by Gasteiger charge is -2.39. The number of allylic oxidation sites excluding steroid dienone is 3. The molecule has 0 saturated carbocycles. The average Bonchev–Trinajstić information content (AvgIpc) is 2.82. The number of benzene rings is 2. The van der Waals surface area contributed by atoms with Crippen LogP contribution in [0, 0.1) is 5.41 Å². The second kappa shape index (κ2) is 9.98. The molecule has 0 bridgehead atoms.